The molecular formula is C10H14BrN3O3S. The smallest absolute Gasteiger partial charge is 0.329 e. The molecule has 1 N–H and O–H groups in total. The van der Waals surface area contributed by atoms with Gasteiger partial charge in [0, 0.05) is 19.0 Å². The molecule has 0 aliphatic heterocycles. The first-order chi connectivity index (χ1) is 8.49. The van der Waals surface area contributed by atoms with Crippen molar-refractivity contribution in [3.05, 3.63) is 16.4 Å². The van der Waals surface area contributed by atoms with Gasteiger partial charge in [-0.3, -0.25) is 9.48 Å². The summed E-state index contributed by atoms with van der Waals surface area (Å²) in [5, 5.41) is 6.51. The number of thiol groups is 1. The third-order valence-electron chi connectivity index (χ3n) is 2.06. The molecule has 0 spiro atoms. The molecule has 0 aliphatic rings. The van der Waals surface area contributed by atoms with Gasteiger partial charge in [0.1, 0.15) is 6.04 Å². The van der Waals surface area contributed by atoms with E-state index in [9.17, 15) is 9.59 Å². The van der Waals surface area contributed by atoms with Crippen LogP contribution >= 0.6 is 28.6 Å². The molecule has 100 valence electrons. The first kappa shape index (κ1) is 15.0. The third-order valence-corrected chi connectivity index (χ3v) is 3.00. The molecule has 1 rings (SSSR count). The number of carbonyl (C=O) groups excluding carboxylic acids is 2. The number of hydrogen-bond donors (Lipinski definition) is 2. The van der Waals surface area contributed by atoms with E-state index in [1.807, 2.05) is 0 Å². The summed E-state index contributed by atoms with van der Waals surface area (Å²) in [5.41, 5.74) is 0.216. The molecule has 0 unspecified atom stereocenters. The summed E-state index contributed by atoms with van der Waals surface area (Å²) in [7, 11) is 1.70. The van der Waals surface area contributed by atoms with E-state index < -0.39 is 17.9 Å². The van der Waals surface area contributed by atoms with E-state index in [0.29, 0.717) is 4.47 Å². The normalized spacial score (nSPS) is 12.0. The number of esters is 1. The Morgan fingerprint density at radius 3 is 2.78 bits per heavy atom. The Morgan fingerprint density at radius 1 is 1.67 bits per heavy atom. The standard InChI is InChI=1S/C10H14BrN3O3S/c1-3-17-10(16)7(5-18)12-9(15)8-6(11)4-14(2)13-8/h4,7,18H,3,5H2,1-2H3,(H,12,15)/t7-/m0/s1. The Kier molecular flexibility index (Phi) is 5.67. The molecule has 1 heterocycles. The van der Waals surface area contributed by atoms with Crippen molar-refractivity contribution < 1.29 is 14.3 Å². The van der Waals surface area contributed by atoms with Crippen LogP contribution < -0.4 is 5.32 Å². The predicted octanol–water partition coefficient (Wildman–Crippen LogP) is 0.774. The number of aromatic nitrogens is 2. The number of rotatable bonds is 5. The molecule has 8 heteroatoms. The molecule has 0 radical (unpaired) electrons. The van der Waals surface area contributed by atoms with Gasteiger partial charge in [0.15, 0.2) is 5.69 Å². The van der Waals surface area contributed by atoms with E-state index in [1.165, 1.54) is 4.68 Å². The quantitative estimate of drug-likeness (QED) is 0.616. The van der Waals surface area contributed by atoms with Crippen LogP contribution in [0.1, 0.15) is 17.4 Å². The van der Waals surface area contributed by atoms with Gasteiger partial charge in [-0.1, -0.05) is 0 Å². The highest BCUT2D eigenvalue weighted by Gasteiger charge is 2.23. The molecule has 0 aliphatic carbocycles. The highest BCUT2D eigenvalue weighted by Crippen LogP contribution is 2.14. The Labute approximate surface area is 119 Å². The number of aryl methyl sites for hydroxylation is 1. The molecule has 18 heavy (non-hydrogen) atoms. The van der Waals surface area contributed by atoms with Crippen molar-refractivity contribution in [2.24, 2.45) is 7.05 Å². The van der Waals surface area contributed by atoms with E-state index in [-0.39, 0.29) is 18.1 Å². The lowest BCUT2D eigenvalue weighted by Crippen LogP contribution is -2.43. The molecule has 0 bridgehead atoms. The van der Waals surface area contributed by atoms with E-state index in [0.717, 1.165) is 0 Å². The summed E-state index contributed by atoms with van der Waals surface area (Å²) >= 11 is 7.23. The maximum absolute atomic E-state index is 11.9. The summed E-state index contributed by atoms with van der Waals surface area (Å²) in [6, 6.07) is -0.783. The van der Waals surface area contributed by atoms with Crippen LogP contribution in [0.5, 0.6) is 0 Å². The molecule has 1 aromatic heterocycles. The highest BCUT2D eigenvalue weighted by atomic mass is 79.9. The number of ether oxygens (including phenoxy) is 1. The fraction of sp³-hybridized carbons (Fsp3) is 0.500. The monoisotopic (exact) mass is 335 g/mol. The minimum absolute atomic E-state index is 0.162. The minimum Gasteiger partial charge on any atom is -0.464 e. The van der Waals surface area contributed by atoms with Crippen LogP contribution in [0.25, 0.3) is 0 Å². The molecule has 1 atom stereocenters. The molecule has 1 aromatic rings. The van der Waals surface area contributed by atoms with Crippen molar-refractivity contribution in [2.75, 3.05) is 12.4 Å². The van der Waals surface area contributed by atoms with Gasteiger partial charge in [0.05, 0.1) is 11.1 Å². The Hall–Kier alpha value is -1.02. The van der Waals surface area contributed by atoms with Gasteiger partial charge in [-0.25, -0.2) is 4.79 Å². The largest absolute Gasteiger partial charge is 0.464 e. The molecule has 0 saturated carbocycles. The maximum Gasteiger partial charge on any atom is 0.329 e. The van der Waals surface area contributed by atoms with Crippen molar-refractivity contribution in [3.8, 4) is 0 Å². The average molecular weight is 336 g/mol. The summed E-state index contributed by atoms with van der Waals surface area (Å²) in [6.07, 6.45) is 1.65. The fourth-order valence-electron chi connectivity index (χ4n) is 1.26. The fourth-order valence-corrected chi connectivity index (χ4v) is 2.06. The molecule has 0 saturated heterocycles. The van der Waals surface area contributed by atoms with Crippen LogP contribution in [0.3, 0.4) is 0 Å². The highest BCUT2D eigenvalue weighted by molar-refractivity contribution is 9.10. The molecule has 0 fully saturated rings. The second-order valence-corrected chi connectivity index (χ2v) is 4.68. The van der Waals surface area contributed by atoms with Crippen LogP contribution in [-0.4, -0.2) is 40.1 Å². The van der Waals surface area contributed by atoms with Gasteiger partial charge in [-0.05, 0) is 22.9 Å². The van der Waals surface area contributed by atoms with Crippen molar-refractivity contribution in [1.29, 1.82) is 0 Å². The van der Waals surface area contributed by atoms with Crippen molar-refractivity contribution >= 4 is 40.4 Å². The van der Waals surface area contributed by atoms with Crippen molar-refractivity contribution in [1.82, 2.24) is 15.1 Å². The van der Waals surface area contributed by atoms with E-state index in [1.54, 1.807) is 20.2 Å². The first-order valence-electron chi connectivity index (χ1n) is 5.27. The SMILES string of the molecule is CCOC(=O)[C@H](CS)NC(=O)c1nn(C)cc1Br. The maximum atomic E-state index is 11.9. The number of carbonyl (C=O) groups is 2. The number of amides is 1. The Morgan fingerprint density at radius 2 is 2.33 bits per heavy atom. The Bertz CT molecular complexity index is 450. The number of halogens is 1. The number of nitrogens with zero attached hydrogens (tertiary/aromatic N) is 2. The lowest BCUT2D eigenvalue weighted by atomic mass is 10.3. The zero-order valence-corrected chi connectivity index (χ0v) is 12.5. The zero-order chi connectivity index (χ0) is 13.7. The lowest BCUT2D eigenvalue weighted by molar-refractivity contribution is -0.144. The Balaban J connectivity index is 2.73. The van der Waals surface area contributed by atoms with E-state index in [4.69, 9.17) is 4.74 Å². The molecule has 0 aromatic carbocycles. The predicted molar refractivity (Wildman–Crippen MR) is 72.6 cm³/mol. The van der Waals surface area contributed by atoms with Crippen LogP contribution in [0.15, 0.2) is 10.7 Å². The first-order valence-corrected chi connectivity index (χ1v) is 6.69. The number of nitrogens with one attached hydrogen (secondary N) is 1. The topological polar surface area (TPSA) is 73.2 Å². The second kappa shape index (κ2) is 6.79. The summed E-state index contributed by atoms with van der Waals surface area (Å²) < 4.78 is 6.89. The van der Waals surface area contributed by atoms with E-state index >= 15 is 0 Å². The van der Waals surface area contributed by atoms with Crippen LogP contribution in [0.2, 0.25) is 0 Å². The van der Waals surface area contributed by atoms with Gasteiger partial charge in [-0.2, -0.15) is 17.7 Å². The lowest BCUT2D eigenvalue weighted by Gasteiger charge is -2.14. The molecular weight excluding hydrogens is 322 g/mol. The van der Waals surface area contributed by atoms with Gasteiger partial charge in [0.25, 0.3) is 5.91 Å². The molecule has 6 nitrogen and oxygen atoms in total. The van der Waals surface area contributed by atoms with Crippen LogP contribution in [0, 0.1) is 0 Å². The van der Waals surface area contributed by atoms with Crippen molar-refractivity contribution in [3.63, 3.8) is 0 Å². The minimum atomic E-state index is -0.783. The van der Waals surface area contributed by atoms with Gasteiger partial charge < -0.3 is 10.1 Å². The molecule has 1 amide bonds. The number of hydrogen-bond acceptors (Lipinski definition) is 5. The second-order valence-electron chi connectivity index (χ2n) is 3.46. The van der Waals surface area contributed by atoms with Crippen LogP contribution in [-0.2, 0) is 16.6 Å². The summed E-state index contributed by atoms with van der Waals surface area (Å²) in [5.74, 6) is -0.794. The van der Waals surface area contributed by atoms with Gasteiger partial charge >= 0.3 is 5.97 Å². The summed E-state index contributed by atoms with van der Waals surface area (Å²) in [4.78, 5) is 23.4. The van der Waals surface area contributed by atoms with Crippen LogP contribution in [0.4, 0.5) is 0 Å². The van der Waals surface area contributed by atoms with Crippen molar-refractivity contribution in [2.45, 2.75) is 13.0 Å². The average Bonchev–Trinajstić information content (AvgIpc) is 2.65. The van der Waals surface area contributed by atoms with Gasteiger partial charge in [0.2, 0.25) is 0 Å². The van der Waals surface area contributed by atoms with Gasteiger partial charge in [-0.15, -0.1) is 0 Å². The summed E-state index contributed by atoms with van der Waals surface area (Å²) in [6.45, 7) is 1.96. The third kappa shape index (κ3) is 3.74. The zero-order valence-electron chi connectivity index (χ0n) is 10.0. The van der Waals surface area contributed by atoms with E-state index in [2.05, 4.69) is 39.0 Å².